The van der Waals surface area contributed by atoms with Gasteiger partial charge in [0.1, 0.15) is 0 Å². The molecule has 3 aromatic rings. The molecule has 26 heavy (non-hydrogen) atoms. The Morgan fingerprint density at radius 1 is 1.23 bits per heavy atom. The summed E-state index contributed by atoms with van der Waals surface area (Å²) in [4.78, 5) is 13.9. The molecule has 0 saturated carbocycles. The van der Waals surface area contributed by atoms with E-state index in [-0.39, 0.29) is 12.5 Å². The Hall–Kier alpha value is -2.22. The highest BCUT2D eigenvalue weighted by molar-refractivity contribution is 9.10. The first kappa shape index (κ1) is 18.6. The minimum Gasteiger partial charge on any atom is -0.419 e. The van der Waals surface area contributed by atoms with Crippen LogP contribution in [0.4, 0.5) is 5.69 Å². The third-order valence-electron chi connectivity index (χ3n) is 3.51. The molecule has 8 heteroatoms. The summed E-state index contributed by atoms with van der Waals surface area (Å²) >= 11 is 9.46. The Labute approximate surface area is 164 Å². The van der Waals surface area contributed by atoms with E-state index in [9.17, 15) is 4.79 Å². The van der Waals surface area contributed by atoms with Crippen molar-refractivity contribution in [3.63, 3.8) is 0 Å². The average molecular weight is 436 g/mol. The van der Waals surface area contributed by atoms with Crippen molar-refractivity contribution >= 4 is 39.1 Å². The van der Waals surface area contributed by atoms with Crippen molar-refractivity contribution in [1.82, 2.24) is 15.1 Å². The number of carbonyl (C=O) groups is 1. The largest absolute Gasteiger partial charge is 0.419 e. The Morgan fingerprint density at radius 3 is 2.81 bits per heavy atom. The van der Waals surface area contributed by atoms with Crippen LogP contribution in [0, 0.1) is 0 Å². The molecule has 2 aromatic carbocycles. The van der Waals surface area contributed by atoms with Gasteiger partial charge in [-0.2, -0.15) is 0 Å². The lowest BCUT2D eigenvalue weighted by molar-refractivity contribution is -0.117. The zero-order chi connectivity index (χ0) is 18.5. The zero-order valence-electron chi connectivity index (χ0n) is 13.9. The summed E-state index contributed by atoms with van der Waals surface area (Å²) in [5, 5.41) is 11.4. The Morgan fingerprint density at radius 2 is 2.04 bits per heavy atom. The Kier molecular flexibility index (Phi) is 6.03. The second kappa shape index (κ2) is 8.44. The molecule has 0 aliphatic carbocycles. The third kappa shape index (κ3) is 4.91. The van der Waals surface area contributed by atoms with Crippen LogP contribution < -0.4 is 5.32 Å². The smallest absolute Gasteiger partial charge is 0.247 e. The monoisotopic (exact) mass is 434 g/mol. The topological polar surface area (TPSA) is 71.3 Å². The molecule has 0 saturated heterocycles. The van der Waals surface area contributed by atoms with E-state index in [1.54, 1.807) is 24.1 Å². The SMILES string of the molecule is CN(CC(=O)Nc1ccccc1Cl)Cc1nnc(-c2cccc(Br)c2)o1. The highest BCUT2D eigenvalue weighted by atomic mass is 79.9. The fraction of sp³-hybridized carbons (Fsp3) is 0.167. The van der Waals surface area contributed by atoms with E-state index in [1.165, 1.54) is 0 Å². The van der Waals surface area contributed by atoms with Crippen LogP contribution in [0.15, 0.2) is 57.4 Å². The average Bonchev–Trinajstić information content (AvgIpc) is 3.05. The maximum Gasteiger partial charge on any atom is 0.247 e. The van der Waals surface area contributed by atoms with Crippen LogP contribution in [0.3, 0.4) is 0 Å². The van der Waals surface area contributed by atoms with Gasteiger partial charge in [-0.25, -0.2) is 0 Å². The summed E-state index contributed by atoms with van der Waals surface area (Å²) in [5.74, 6) is 0.704. The molecule has 0 aliphatic rings. The van der Waals surface area contributed by atoms with Crippen LogP contribution in [0.25, 0.3) is 11.5 Å². The second-order valence-electron chi connectivity index (χ2n) is 5.71. The quantitative estimate of drug-likeness (QED) is 0.627. The van der Waals surface area contributed by atoms with Crippen LogP contribution in [0.2, 0.25) is 5.02 Å². The number of nitrogens with zero attached hydrogens (tertiary/aromatic N) is 3. The van der Waals surface area contributed by atoms with Gasteiger partial charge in [-0.1, -0.05) is 45.7 Å². The lowest BCUT2D eigenvalue weighted by Crippen LogP contribution is -2.30. The molecule has 0 radical (unpaired) electrons. The van der Waals surface area contributed by atoms with E-state index >= 15 is 0 Å². The Bertz CT molecular complexity index is 915. The zero-order valence-corrected chi connectivity index (χ0v) is 16.3. The summed E-state index contributed by atoms with van der Waals surface area (Å²) in [5.41, 5.74) is 1.42. The van der Waals surface area contributed by atoms with Crippen LogP contribution in [0.1, 0.15) is 5.89 Å². The summed E-state index contributed by atoms with van der Waals surface area (Å²) in [6.45, 7) is 0.525. The first-order valence-electron chi connectivity index (χ1n) is 7.82. The van der Waals surface area contributed by atoms with Crippen LogP contribution in [-0.4, -0.2) is 34.6 Å². The number of hydrogen-bond donors (Lipinski definition) is 1. The van der Waals surface area contributed by atoms with E-state index in [0.717, 1.165) is 10.0 Å². The molecule has 134 valence electrons. The fourth-order valence-electron chi connectivity index (χ4n) is 2.34. The van der Waals surface area contributed by atoms with Gasteiger partial charge in [-0.05, 0) is 37.4 Å². The standard InChI is InChI=1S/C18H16BrClN4O2/c1-24(10-16(25)21-15-8-3-2-7-14(15)20)11-17-22-23-18(26-17)12-5-4-6-13(19)9-12/h2-9H,10-11H2,1H3,(H,21,25). The van der Waals surface area contributed by atoms with Crippen molar-refractivity contribution in [2.45, 2.75) is 6.54 Å². The number of rotatable bonds is 6. The highest BCUT2D eigenvalue weighted by Gasteiger charge is 2.14. The van der Waals surface area contributed by atoms with Gasteiger partial charge >= 0.3 is 0 Å². The van der Waals surface area contributed by atoms with Gasteiger partial charge in [0.25, 0.3) is 0 Å². The first-order chi connectivity index (χ1) is 12.5. The number of nitrogens with one attached hydrogen (secondary N) is 1. The number of benzene rings is 2. The molecule has 0 aliphatic heterocycles. The Balaban J connectivity index is 1.57. The molecule has 0 bridgehead atoms. The highest BCUT2D eigenvalue weighted by Crippen LogP contribution is 2.22. The lowest BCUT2D eigenvalue weighted by Gasteiger charge is -2.14. The van der Waals surface area contributed by atoms with Gasteiger partial charge in [0.2, 0.25) is 17.7 Å². The number of aromatic nitrogens is 2. The van der Waals surface area contributed by atoms with Crippen LogP contribution in [0.5, 0.6) is 0 Å². The minimum absolute atomic E-state index is 0.166. The van der Waals surface area contributed by atoms with Crippen LogP contribution >= 0.6 is 27.5 Å². The lowest BCUT2D eigenvalue weighted by atomic mass is 10.2. The van der Waals surface area contributed by atoms with Gasteiger partial charge in [-0.3, -0.25) is 9.69 Å². The number of amides is 1. The van der Waals surface area contributed by atoms with E-state index in [1.807, 2.05) is 36.4 Å². The molecule has 0 fully saturated rings. The molecule has 3 rings (SSSR count). The van der Waals surface area contributed by atoms with Crippen molar-refractivity contribution in [2.75, 3.05) is 18.9 Å². The summed E-state index contributed by atoms with van der Waals surface area (Å²) < 4.78 is 6.61. The number of halogens is 2. The van der Waals surface area contributed by atoms with E-state index in [0.29, 0.717) is 29.0 Å². The molecule has 6 nitrogen and oxygen atoms in total. The number of anilines is 1. The van der Waals surface area contributed by atoms with Gasteiger partial charge in [-0.15, -0.1) is 10.2 Å². The molecule has 1 heterocycles. The molecular weight excluding hydrogens is 420 g/mol. The minimum atomic E-state index is -0.174. The predicted octanol–water partition coefficient (Wildman–Crippen LogP) is 4.22. The number of para-hydroxylation sites is 1. The summed E-state index contributed by atoms with van der Waals surface area (Å²) in [6.07, 6.45) is 0. The number of hydrogen-bond acceptors (Lipinski definition) is 5. The molecule has 1 N–H and O–H groups in total. The van der Waals surface area contributed by atoms with Gasteiger partial charge in [0.15, 0.2) is 0 Å². The van der Waals surface area contributed by atoms with Crippen LogP contribution in [-0.2, 0) is 11.3 Å². The fourth-order valence-corrected chi connectivity index (χ4v) is 2.92. The second-order valence-corrected chi connectivity index (χ2v) is 7.03. The number of likely N-dealkylation sites (N-methyl/N-ethyl adjacent to an activating group) is 1. The van der Waals surface area contributed by atoms with Crippen molar-refractivity contribution < 1.29 is 9.21 Å². The van der Waals surface area contributed by atoms with Gasteiger partial charge in [0.05, 0.1) is 23.8 Å². The van der Waals surface area contributed by atoms with E-state index in [4.69, 9.17) is 16.0 Å². The molecule has 0 unspecified atom stereocenters. The molecule has 0 atom stereocenters. The predicted molar refractivity (Wildman–Crippen MR) is 104 cm³/mol. The van der Waals surface area contributed by atoms with E-state index < -0.39 is 0 Å². The van der Waals surface area contributed by atoms with Crippen molar-refractivity contribution in [2.24, 2.45) is 0 Å². The summed E-state index contributed by atoms with van der Waals surface area (Å²) in [7, 11) is 1.80. The van der Waals surface area contributed by atoms with Crippen molar-refractivity contribution in [1.29, 1.82) is 0 Å². The normalized spacial score (nSPS) is 10.9. The molecule has 1 aromatic heterocycles. The molecule has 1 amide bonds. The van der Waals surface area contributed by atoms with Gasteiger partial charge in [0, 0.05) is 10.0 Å². The number of carbonyl (C=O) groups excluding carboxylic acids is 1. The van der Waals surface area contributed by atoms with Crippen molar-refractivity contribution in [3.8, 4) is 11.5 Å². The summed E-state index contributed by atoms with van der Waals surface area (Å²) in [6, 6.07) is 14.7. The van der Waals surface area contributed by atoms with E-state index in [2.05, 4.69) is 31.4 Å². The van der Waals surface area contributed by atoms with Crippen molar-refractivity contribution in [3.05, 3.63) is 63.9 Å². The maximum absolute atomic E-state index is 12.1. The molecule has 0 spiro atoms. The molecular formula is C18H16BrClN4O2. The van der Waals surface area contributed by atoms with Gasteiger partial charge < -0.3 is 9.73 Å². The maximum atomic E-state index is 12.1. The first-order valence-corrected chi connectivity index (χ1v) is 8.99. The third-order valence-corrected chi connectivity index (χ3v) is 4.33.